The summed E-state index contributed by atoms with van der Waals surface area (Å²) in [6, 6.07) is 8.54. The van der Waals surface area contributed by atoms with Crippen LogP contribution in [0.3, 0.4) is 0 Å². The van der Waals surface area contributed by atoms with Crippen molar-refractivity contribution >= 4 is 11.0 Å². The molecule has 0 N–H and O–H groups in total. The van der Waals surface area contributed by atoms with E-state index in [9.17, 15) is 4.79 Å². The summed E-state index contributed by atoms with van der Waals surface area (Å²) in [4.78, 5) is 11.4. The van der Waals surface area contributed by atoms with Gasteiger partial charge in [-0.1, -0.05) is 6.92 Å². The number of hydrogen-bond acceptors (Lipinski definition) is 4. The second kappa shape index (κ2) is 4.71. The van der Waals surface area contributed by atoms with Gasteiger partial charge >= 0.3 is 5.63 Å². The van der Waals surface area contributed by atoms with E-state index in [1.807, 2.05) is 6.92 Å². The van der Waals surface area contributed by atoms with Crippen LogP contribution in [0.5, 0.6) is 5.75 Å². The Morgan fingerprint density at radius 1 is 1.41 bits per heavy atom. The first-order valence-electron chi connectivity index (χ1n) is 5.35. The minimum atomic E-state index is -0.618. The fourth-order valence-electron chi connectivity index (χ4n) is 1.48. The zero-order chi connectivity index (χ0) is 12.3. The van der Waals surface area contributed by atoms with Gasteiger partial charge in [-0.05, 0) is 24.6 Å². The van der Waals surface area contributed by atoms with Crippen LogP contribution in [0.15, 0.2) is 33.5 Å². The van der Waals surface area contributed by atoms with Crippen LogP contribution < -0.4 is 10.4 Å². The molecule has 4 nitrogen and oxygen atoms in total. The van der Waals surface area contributed by atoms with Gasteiger partial charge in [-0.25, -0.2) is 4.79 Å². The molecule has 2 aromatic rings. The molecule has 17 heavy (non-hydrogen) atoms. The van der Waals surface area contributed by atoms with Gasteiger partial charge in [-0.15, -0.1) is 0 Å². The van der Waals surface area contributed by atoms with E-state index >= 15 is 0 Å². The lowest BCUT2D eigenvalue weighted by atomic mass is 10.2. The van der Waals surface area contributed by atoms with Crippen molar-refractivity contribution < 1.29 is 9.15 Å². The Bertz CT molecular complexity index is 637. The van der Waals surface area contributed by atoms with Gasteiger partial charge in [-0.2, -0.15) is 5.26 Å². The van der Waals surface area contributed by atoms with Crippen molar-refractivity contribution in [2.45, 2.75) is 13.3 Å². The third-order valence-electron chi connectivity index (χ3n) is 2.30. The maximum Gasteiger partial charge on any atom is 0.354 e. The van der Waals surface area contributed by atoms with Crippen LogP contribution in [-0.2, 0) is 0 Å². The molecular formula is C13H11NO3. The quantitative estimate of drug-likeness (QED) is 0.758. The molecule has 0 saturated carbocycles. The summed E-state index contributed by atoms with van der Waals surface area (Å²) in [5, 5.41) is 9.43. The van der Waals surface area contributed by atoms with Gasteiger partial charge in [0.15, 0.2) is 0 Å². The third kappa shape index (κ3) is 2.28. The van der Waals surface area contributed by atoms with Crippen molar-refractivity contribution in [1.29, 1.82) is 5.26 Å². The van der Waals surface area contributed by atoms with Crippen molar-refractivity contribution in [3.8, 4) is 11.8 Å². The van der Waals surface area contributed by atoms with Gasteiger partial charge in [-0.3, -0.25) is 0 Å². The zero-order valence-electron chi connectivity index (χ0n) is 9.40. The van der Waals surface area contributed by atoms with E-state index in [4.69, 9.17) is 14.4 Å². The average molecular weight is 229 g/mol. The number of benzene rings is 1. The summed E-state index contributed by atoms with van der Waals surface area (Å²) in [5.41, 5.74) is -0.171. The first kappa shape index (κ1) is 11.2. The molecule has 1 heterocycles. The Morgan fingerprint density at radius 2 is 2.24 bits per heavy atom. The lowest BCUT2D eigenvalue weighted by Crippen LogP contribution is -2.03. The van der Waals surface area contributed by atoms with Crippen LogP contribution in [-0.4, -0.2) is 6.61 Å². The highest BCUT2D eigenvalue weighted by Crippen LogP contribution is 2.20. The molecule has 0 fully saturated rings. The van der Waals surface area contributed by atoms with Crippen LogP contribution in [0.4, 0.5) is 0 Å². The molecule has 0 aliphatic rings. The van der Waals surface area contributed by atoms with Gasteiger partial charge in [0.2, 0.25) is 0 Å². The molecule has 2 rings (SSSR count). The lowest BCUT2D eigenvalue weighted by molar-refractivity contribution is 0.317. The SMILES string of the molecule is CCCOc1ccc2cc(C#N)c(=O)oc2c1. The van der Waals surface area contributed by atoms with Crippen LogP contribution in [0, 0.1) is 11.3 Å². The Hall–Kier alpha value is -2.28. The topological polar surface area (TPSA) is 63.2 Å². The Kier molecular flexibility index (Phi) is 3.10. The summed E-state index contributed by atoms with van der Waals surface area (Å²) >= 11 is 0. The summed E-state index contributed by atoms with van der Waals surface area (Å²) < 4.78 is 10.5. The lowest BCUT2D eigenvalue weighted by Gasteiger charge is -2.04. The van der Waals surface area contributed by atoms with Crippen LogP contribution in [0.1, 0.15) is 18.9 Å². The number of ether oxygens (including phenoxy) is 1. The highest BCUT2D eigenvalue weighted by Gasteiger charge is 2.05. The van der Waals surface area contributed by atoms with Gasteiger partial charge in [0.1, 0.15) is 23.0 Å². The van der Waals surface area contributed by atoms with Crippen LogP contribution in [0.25, 0.3) is 11.0 Å². The number of hydrogen-bond donors (Lipinski definition) is 0. The molecule has 0 spiro atoms. The fraction of sp³-hybridized carbons (Fsp3) is 0.231. The van der Waals surface area contributed by atoms with E-state index in [0.29, 0.717) is 23.3 Å². The van der Waals surface area contributed by atoms with E-state index in [1.54, 1.807) is 24.3 Å². The number of nitriles is 1. The second-order valence-corrected chi connectivity index (χ2v) is 3.61. The average Bonchev–Trinajstić information content (AvgIpc) is 2.35. The van der Waals surface area contributed by atoms with Gasteiger partial charge in [0.25, 0.3) is 0 Å². The summed E-state index contributed by atoms with van der Waals surface area (Å²) in [5.74, 6) is 0.659. The van der Waals surface area contributed by atoms with E-state index in [0.717, 1.165) is 6.42 Å². The summed E-state index contributed by atoms with van der Waals surface area (Å²) in [7, 11) is 0. The monoisotopic (exact) mass is 229 g/mol. The van der Waals surface area contributed by atoms with Crippen molar-refractivity contribution in [3.63, 3.8) is 0 Å². The van der Waals surface area contributed by atoms with Crippen molar-refractivity contribution in [3.05, 3.63) is 40.2 Å². The molecule has 0 bridgehead atoms. The Morgan fingerprint density at radius 3 is 2.94 bits per heavy atom. The zero-order valence-corrected chi connectivity index (χ0v) is 9.40. The van der Waals surface area contributed by atoms with Crippen LogP contribution in [0.2, 0.25) is 0 Å². The highest BCUT2D eigenvalue weighted by molar-refractivity contribution is 5.79. The summed E-state index contributed by atoms with van der Waals surface area (Å²) in [6.07, 6.45) is 0.912. The maximum absolute atomic E-state index is 11.4. The van der Waals surface area contributed by atoms with E-state index in [-0.39, 0.29) is 5.56 Å². The second-order valence-electron chi connectivity index (χ2n) is 3.61. The molecule has 86 valence electrons. The molecular weight excluding hydrogens is 218 g/mol. The fourth-order valence-corrected chi connectivity index (χ4v) is 1.48. The molecule has 0 aliphatic heterocycles. The Balaban J connectivity index is 2.49. The number of nitrogens with zero attached hydrogens (tertiary/aromatic N) is 1. The molecule has 1 aromatic carbocycles. The molecule has 0 saturated heterocycles. The molecule has 1 aromatic heterocycles. The molecule has 0 unspecified atom stereocenters. The Labute approximate surface area is 98.0 Å². The summed E-state index contributed by atoms with van der Waals surface area (Å²) in [6.45, 7) is 2.63. The molecule has 4 heteroatoms. The third-order valence-corrected chi connectivity index (χ3v) is 2.30. The molecule has 0 aliphatic carbocycles. The molecule has 0 amide bonds. The normalized spacial score (nSPS) is 10.1. The van der Waals surface area contributed by atoms with E-state index in [2.05, 4.69) is 0 Å². The molecule has 0 radical (unpaired) electrons. The van der Waals surface area contributed by atoms with E-state index < -0.39 is 5.63 Å². The minimum Gasteiger partial charge on any atom is -0.493 e. The largest absolute Gasteiger partial charge is 0.493 e. The highest BCUT2D eigenvalue weighted by atomic mass is 16.5. The molecule has 0 atom stereocenters. The van der Waals surface area contributed by atoms with Crippen molar-refractivity contribution in [1.82, 2.24) is 0 Å². The predicted octanol–water partition coefficient (Wildman–Crippen LogP) is 2.45. The predicted molar refractivity (Wildman–Crippen MR) is 63.0 cm³/mol. The first-order valence-corrected chi connectivity index (χ1v) is 5.35. The van der Waals surface area contributed by atoms with Crippen LogP contribution >= 0.6 is 0 Å². The first-order chi connectivity index (χ1) is 8.24. The smallest absolute Gasteiger partial charge is 0.354 e. The minimum absolute atomic E-state index is 0.0136. The van der Waals surface area contributed by atoms with Gasteiger partial charge in [0, 0.05) is 11.5 Å². The van der Waals surface area contributed by atoms with E-state index in [1.165, 1.54) is 6.07 Å². The van der Waals surface area contributed by atoms with Gasteiger partial charge in [0.05, 0.1) is 6.61 Å². The number of fused-ring (bicyclic) bond motifs is 1. The van der Waals surface area contributed by atoms with Crippen molar-refractivity contribution in [2.24, 2.45) is 0 Å². The standard InChI is InChI=1S/C13H11NO3/c1-2-5-16-11-4-3-9-6-10(8-14)13(15)17-12(9)7-11/h3-4,6-7H,2,5H2,1H3. The number of rotatable bonds is 3. The van der Waals surface area contributed by atoms with Crippen molar-refractivity contribution in [2.75, 3.05) is 6.61 Å². The maximum atomic E-state index is 11.4. The van der Waals surface area contributed by atoms with Gasteiger partial charge < -0.3 is 9.15 Å².